The summed E-state index contributed by atoms with van der Waals surface area (Å²) in [5.74, 6) is -0.519. The second kappa shape index (κ2) is 5.82. The van der Waals surface area contributed by atoms with Gasteiger partial charge in [0.05, 0.1) is 11.3 Å². The maximum Gasteiger partial charge on any atom is 0.416 e. The van der Waals surface area contributed by atoms with Crippen LogP contribution in [0.15, 0.2) is 29.6 Å². The first-order valence-electron chi connectivity index (χ1n) is 5.97. The Morgan fingerprint density at radius 2 is 1.95 bits per heavy atom. The van der Waals surface area contributed by atoms with Gasteiger partial charge in [-0.3, -0.25) is 10.1 Å². The van der Waals surface area contributed by atoms with Crippen LogP contribution in [0.4, 0.5) is 18.3 Å². The minimum absolute atomic E-state index is 0.126. The molecule has 0 bridgehead atoms. The van der Waals surface area contributed by atoms with Crippen molar-refractivity contribution in [3.8, 4) is 0 Å². The average Bonchev–Trinajstić information content (AvgIpc) is 2.86. The molecule has 1 heterocycles. The highest BCUT2D eigenvalue weighted by molar-refractivity contribution is 7.14. The van der Waals surface area contributed by atoms with E-state index in [1.807, 2.05) is 0 Å². The van der Waals surface area contributed by atoms with Crippen LogP contribution in [0.3, 0.4) is 0 Å². The summed E-state index contributed by atoms with van der Waals surface area (Å²) in [6, 6.07) is 3.73. The lowest BCUT2D eigenvalue weighted by Crippen LogP contribution is -2.13. The van der Waals surface area contributed by atoms with Gasteiger partial charge < -0.3 is 5.73 Å². The zero-order valence-corrected chi connectivity index (χ0v) is 11.8. The minimum Gasteiger partial charge on any atom is -0.323 e. The van der Waals surface area contributed by atoms with Gasteiger partial charge in [-0.2, -0.15) is 13.2 Å². The summed E-state index contributed by atoms with van der Waals surface area (Å²) in [6.07, 6.45) is -4.42. The average molecular weight is 315 g/mol. The highest BCUT2D eigenvalue weighted by Crippen LogP contribution is 2.29. The molecule has 112 valence electrons. The van der Waals surface area contributed by atoms with Gasteiger partial charge in [0.15, 0.2) is 5.13 Å². The molecule has 2 aromatic rings. The molecule has 0 fully saturated rings. The lowest BCUT2D eigenvalue weighted by molar-refractivity contribution is -0.137. The molecule has 1 atom stereocenters. The van der Waals surface area contributed by atoms with E-state index in [0.717, 1.165) is 24.3 Å². The molecule has 0 radical (unpaired) electrons. The van der Waals surface area contributed by atoms with Crippen molar-refractivity contribution in [1.82, 2.24) is 4.98 Å². The Kier molecular flexibility index (Phi) is 4.29. The zero-order chi connectivity index (χ0) is 15.6. The Morgan fingerprint density at radius 3 is 2.43 bits per heavy atom. The Bertz CT molecular complexity index is 635. The standard InChI is InChI=1S/C13H12F3N3OS/c1-7(17)10-6-21-12(18-10)19-11(20)8-2-4-9(5-3-8)13(14,15)16/h2-7H,17H2,1H3,(H,18,19,20). The number of amides is 1. The number of anilines is 1. The molecule has 4 nitrogen and oxygen atoms in total. The topological polar surface area (TPSA) is 68.0 Å². The molecule has 0 aliphatic carbocycles. The number of halogens is 3. The van der Waals surface area contributed by atoms with E-state index in [9.17, 15) is 18.0 Å². The highest BCUT2D eigenvalue weighted by atomic mass is 32.1. The van der Waals surface area contributed by atoms with Gasteiger partial charge >= 0.3 is 6.18 Å². The molecule has 1 amide bonds. The molecule has 0 saturated carbocycles. The van der Waals surface area contributed by atoms with Crippen molar-refractivity contribution < 1.29 is 18.0 Å². The van der Waals surface area contributed by atoms with Gasteiger partial charge in [0.2, 0.25) is 0 Å². The molecule has 21 heavy (non-hydrogen) atoms. The normalized spacial score (nSPS) is 13.0. The number of alkyl halides is 3. The Balaban J connectivity index is 2.09. The van der Waals surface area contributed by atoms with Crippen LogP contribution in [-0.2, 0) is 6.18 Å². The molecule has 3 N–H and O–H groups in total. The van der Waals surface area contributed by atoms with Crippen molar-refractivity contribution in [2.75, 3.05) is 5.32 Å². The minimum atomic E-state index is -4.42. The number of rotatable bonds is 3. The third-order valence-electron chi connectivity index (χ3n) is 2.68. The predicted molar refractivity (Wildman–Crippen MR) is 74.1 cm³/mol. The zero-order valence-electron chi connectivity index (χ0n) is 10.9. The second-order valence-electron chi connectivity index (χ2n) is 4.40. The van der Waals surface area contributed by atoms with Crippen molar-refractivity contribution in [3.05, 3.63) is 46.5 Å². The van der Waals surface area contributed by atoms with Crippen LogP contribution in [0.5, 0.6) is 0 Å². The predicted octanol–water partition coefficient (Wildman–Crippen LogP) is 3.43. The number of aromatic nitrogens is 1. The van der Waals surface area contributed by atoms with Crippen molar-refractivity contribution >= 4 is 22.4 Å². The lowest BCUT2D eigenvalue weighted by Gasteiger charge is -2.07. The number of carbonyl (C=O) groups is 1. The number of nitrogens with zero attached hydrogens (tertiary/aromatic N) is 1. The summed E-state index contributed by atoms with van der Waals surface area (Å²) < 4.78 is 37.3. The summed E-state index contributed by atoms with van der Waals surface area (Å²) in [6.45, 7) is 1.76. The van der Waals surface area contributed by atoms with Gasteiger partial charge in [-0.15, -0.1) is 11.3 Å². The molecule has 1 aromatic carbocycles. The van der Waals surface area contributed by atoms with Crippen molar-refractivity contribution in [2.45, 2.75) is 19.1 Å². The summed E-state index contributed by atoms with van der Waals surface area (Å²) in [5.41, 5.74) is 5.62. The van der Waals surface area contributed by atoms with Crippen molar-refractivity contribution in [1.29, 1.82) is 0 Å². The Morgan fingerprint density at radius 1 is 1.33 bits per heavy atom. The molecule has 0 saturated heterocycles. The number of nitrogens with two attached hydrogens (primary N) is 1. The molecule has 2 rings (SSSR count). The van der Waals surface area contributed by atoms with Gasteiger partial charge in [-0.25, -0.2) is 4.98 Å². The summed E-state index contributed by atoms with van der Waals surface area (Å²) in [5, 5.41) is 4.59. The van der Waals surface area contributed by atoms with E-state index in [1.165, 1.54) is 11.3 Å². The van der Waals surface area contributed by atoms with Crippen LogP contribution in [0.25, 0.3) is 0 Å². The van der Waals surface area contributed by atoms with Crippen molar-refractivity contribution in [2.24, 2.45) is 5.73 Å². The first-order chi connectivity index (χ1) is 9.77. The first-order valence-corrected chi connectivity index (χ1v) is 6.85. The van der Waals surface area contributed by atoms with Gasteiger partial charge in [-0.1, -0.05) is 0 Å². The van der Waals surface area contributed by atoms with Crippen LogP contribution in [-0.4, -0.2) is 10.9 Å². The maximum atomic E-state index is 12.4. The number of hydrogen-bond donors (Lipinski definition) is 2. The van der Waals surface area contributed by atoms with E-state index in [4.69, 9.17) is 5.73 Å². The summed E-state index contributed by atoms with van der Waals surface area (Å²) in [4.78, 5) is 16.0. The van der Waals surface area contributed by atoms with Gasteiger partial charge in [0.1, 0.15) is 0 Å². The maximum absolute atomic E-state index is 12.4. The molecule has 8 heteroatoms. The third-order valence-corrected chi connectivity index (χ3v) is 3.46. The fourth-order valence-electron chi connectivity index (χ4n) is 1.53. The van der Waals surface area contributed by atoms with Crippen molar-refractivity contribution in [3.63, 3.8) is 0 Å². The lowest BCUT2D eigenvalue weighted by atomic mass is 10.1. The molecular formula is C13H12F3N3OS. The van der Waals surface area contributed by atoms with E-state index in [1.54, 1.807) is 12.3 Å². The molecule has 1 unspecified atom stereocenters. The van der Waals surface area contributed by atoms with E-state index < -0.39 is 17.6 Å². The van der Waals surface area contributed by atoms with E-state index in [-0.39, 0.29) is 11.6 Å². The Hall–Kier alpha value is -1.93. The van der Waals surface area contributed by atoms with E-state index in [0.29, 0.717) is 10.8 Å². The smallest absolute Gasteiger partial charge is 0.323 e. The van der Waals surface area contributed by atoms with Gasteiger partial charge in [0.25, 0.3) is 5.91 Å². The Labute approximate surface area is 122 Å². The molecule has 1 aromatic heterocycles. The fourth-order valence-corrected chi connectivity index (χ4v) is 2.34. The molecular weight excluding hydrogens is 303 g/mol. The fraction of sp³-hybridized carbons (Fsp3) is 0.231. The van der Waals surface area contributed by atoms with Gasteiger partial charge in [-0.05, 0) is 31.2 Å². The number of nitrogens with one attached hydrogen (secondary N) is 1. The number of carbonyl (C=O) groups excluding carboxylic acids is 1. The molecule has 0 spiro atoms. The summed E-state index contributed by atoms with van der Waals surface area (Å²) >= 11 is 1.21. The number of thiazole rings is 1. The second-order valence-corrected chi connectivity index (χ2v) is 5.25. The van der Waals surface area contributed by atoms with Crippen LogP contribution in [0.2, 0.25) is 0 Å². The summed E-state index contributed by atoms with van der Waals surface area (Å²) in [7, 11) is 0. The molecule has 0 aliphatic rings. The first kappa shape index (κ1) is 15.5. The van der Waals surface area contributed by atoms with E-state index in [2.05, 4.69) is 10.3 Å². The number of benzene rings is 1. The van der Waals surface area contributed by atoms with Gasteiger partial charge in [0, 0.05) is 17.0 Å². The molecule has 0 aliphatic heterocycles. The largest absolute Gasteiger partial charge is 0.416 e. The van der Waals surface area contributed by atoms with Crippen LogP contribution >= 0.6 is 11.3 Å². The third kappa shape index (κ3) is 3.79. The van der Waals surface area contributed by atoms with Crippen LogP contribution in [0.1, 0.15) is 34.6 Å². The number of hydrogen-bond acceptors (Lipinski definition) is 4. The van der Waals surface area contributed by atoms with Crippen LogP contribution in [0, 0.1) is 0 Å². The quantitative estimate of drug-likeness (QED) is 0.912. The van der Waals surface area contributed by atoms with E-state index >= 15 is 0 Å². The SMILES string of the molecule is CC(N)c1csc(NC(=O)c2ccc(C(F)(F)F)cc2)n1. The van der Waals surface area contributed by atoms with Crippen LogP contribution < -0.4 is 11.1 Å². The monoisotopic (exact) mass is 315 g/mol. The highest BCUT2D eigenvalue weighted by Gasteiger charge is 2.30.